The second kappa shape index (κ2) is 12.3. The second-order valence-corrected chi connectivity index (χ2v) is 10.6. The normalized spacial score (nSPS) is 14.6. The first-order valence-corrected chi connectivity index (χ1v) is 13.0. The third-order valence-corrected chi connectivity index (χ3v) is 6.59. The van der Waals surface area contributed by atoms with Gasteiger partial charge in [0.05, 0.1) is 12.8 Å². The predicted octanol–water partition coefficient (Wildman–Crippen LogP) is 6.63. The molecule has 1 atom stereocenters. The lowest BCUT2D eigenvalue weighted by Crippen LogP contribution is -2.30. The minimum atomic E-state index is -0.692. The first-order chi connectivity index (χ1) is 17.1. The molecule has 7 heteroatoms. The van der Waals surface area contributed by atoms with Gasteiger partial charge in [-0.2, -0.15) is 0 Å². The highest BCUT2D eigenvalue weighted by Gasteiger charge is 2.32. The number of hydrogen-bond acceptors (Lipinski definition) is 6. The van der Waals surface area contributed by atoms with Gasteiger partial charge < -0.3 is 14.2 Å². The van der Waals surface area contributed by atoms with Crippen LogP contribution < -0.4 is 9.47 Å². The zero-order valence-electron chi connectivity index (χ0n) is 21.6. The van der Waals surface area contributed by atoms with Crippen molar-refractivity contribution in [2.75, 3.05) is 7.11 Å². The van der Waals surface area contributed by atoms with Crippen LogP contribution in [0.3, 0.4) is 0 Å². The minimum absolute atomic E-state index is 0.0734. The molecular weight excluding hydrogens is 522 g/mol. The molecule has 0 amide bonds. The molecule has 0 aromatic heterocycles. The summed E-state index contributed by atoms with van der Waals surface area (Å²) in [6.07, 6.45) is 3.83. The lowest BCUT2D eigenvalue weighted by molar-refractivity contribution is -0.150. The number of benzene rings is 2. The maximum Gasteiger partial charge on any atom is 0.344 e. The summed E-state index contributed by atoms with van der Waals surface area (Å²) in [5, 5.41) is 0. The number of allylic oxidation sites excluding steroid dienone is 1. The van der Waals surface area contributed by atoms with Gasteiger partial charge in [0, 0.05) is 23.0 Å². The Hall–Kier alpha value is -2.93. The molecular formula is C29H34BrNO5. The highest BCUT2D eigenvalue weighted by molar-refractivity contribution is 9.10. The lowest BCUT2D eigenvalue weighted by atomic mass is 9.88. The molecule has 0 aliphatic carbocycles. The number of carbonyl (C=O) groups excluding carboxylic acids is 2. The molecule has 0 N–H and O–H groups in total. The molecule has 0 radical (unpaired) electrons. The van der Waals surface area contributed by atoms with Crippen LogP contribution in [-0.2, 0) is 27.4 Å². The van der Waals surface area contributed by atoms with Crippen molar-refractivity contribution in [3.63, 3.8) is 0 Å². The van der Waals surface area contributed by atoms with Gasteiger partial charge in [-0.3, -0.25) is 9.79 Å². The molecule has 0 saturated heterocycles. The number of Topliss-reactive ketones (excluding diaryl/α,β-unsaturated/α-hetero) is 1. The molecule has 36 heavy (non-hydrogen) atoms. The summed E-state index contributed by atoms with van der Waals surface area (Å²) in [7, 11) is 1.62. The highest BCUT2D eigenvalue weighted by atomic mass is 79.9. The Bertz CT molecular complexity index is 1150. The molecule has 1 unspecified atom stereocenters. The molecule has 192 valence electrons. The topological polar surface area (TPSA) is 74.2 Å². The van der Waals surface area contributed by atoms with Crippen molar-refractivity contribution in [1.82, 2.24) is 0 Å². The Morgan fingerprint density at radius 1 is 1.14 bits per heavy atom. The van der Waals surface area contributed by atoms with Gasteiger partial charge in [-0.05, 0) is 63.3 Å². The average molecular weight is 556 g/mol. The number of aryl methyl sites for hydroxylation is 1. The fourth-order valence-electron chi connectivity index (χ4n) is 4.03. The predicted molar refractivity (Wildman–Crippen MR) is 145 cm³/mol. The zero-order valence-corrected chi connectivity index (χ0v) is 23.2. The number of nitrogens with zero attached hydrogens (tertiary/aromatic N) is 1. The molecule has 1 aliphatic rings. The molecule has 0 saturated carbocycles. The van der Waals surface area contributed by atoms with Crippen LogP contribution in [0.15, 0.2) is 63.2 Å². The van der Waals surface area contributed by atoms with E-state index in [1.165, 1.54) is 0 Å². The van der Waals surface area contributed by atoms with Crippen molar-refractivity contribution in [2.24, 2.45) is 10.9 Å². The highest BCUT2D eigenvalue weighted by Crippen LogP contribution is 2.36. The quantitative estimate of drug-likeness (QED) is 0.243. The van der Waals surface area contributed by atoms with Crippen LogP contribution in [0, 0.1) is 5.92 Å². The molecule has 2 aromatic rings. The number of aliphatic imine (C=N–C) groups is 1. The molecule has 0 bridgehead atoms. The van der Waals surface area contributed by atoms with Crippen LogP contribution in [0.4, 0.5) is 0 Å². The van der Waals surface area contributed by atoms with Crippen LogP contribution in [0.1, 0.15) is 58.1 Å². The number of ether oxygens (including phenoxy) is 3. The number of ketones is 1. The summed E-state index contributed by atoms with van der Waals surface area (Å²) in [5.41, 5.74) is 2.02. The second-order valence-electron chi connectivity index (χ2n) is 9.71. The Balaban J connectivity index is 1.82. The van der Waals surface area contributed by atoms with Crippen LogP contribution >= 0.6 is 15.9 Å². The average Bonchev–Trinajstić information content (AvgIpc) is 2.83. The van der Waals surface area contributed by atoms with Gasteiger partial charge in [-0.1, -0.05) is 53.2 Å². The van der Waals surface area contributed by atoms with Crippen molar-refractivity contribution >= 4 is 33.9 Å². The Kier molecular flexibility index (Phi) is 9.49. The van der Waals surface area contributed by atoms with E-state index in [1.54, 1.807) is 34.1 Å². The third-order valence-electron chi connectivity index (χ3n) is 5.86. The van der Waals surface area contributed by atoms with E-state index in [2.05, 4.69) is 20.9 Å². The molecule has 0 spiro atoms. The lowest BCUT2D eigenvalue weighted by Gasteiger charge is -2.24. The maximum atomic E-state index is 12.9. The summed E-state index contributed by atoms with van der Waals surface area (Å²) in [5.74, 6) is 0.392. The molecule has 1 aliphatic heterocycles. The maximum absolute atomic E-state index is 12.9. The van der Waals surface area contributed by atoms with Gasteiger partial charge in [0.2, 0.25) is 0 Å². The smallest absolute Gasteiger partial charge is 0.344 e. The number of methoxy groups -OCH3 is 1. The number of carbonyl (C=O) groups is 2. The first-order valence-electron chi connectivity index (χ1n) is 12.2. The Morgan fingerprint density at radius 3 is 2.50 bits per heavy atom. The minimum Gasteiger partial charge on any atom is -0.493 e. The number of halogens is 1. The fourth-order valence-corrected chi connectivity index (χ4v) is 4.55. The fraction of sp³-hybridized carbons (Fsp3) is 0.414. The van der Waals surface area contributed by atoms with Crippen molar-refractivity contribution in [3.05, 3.63) is 69.3 Å². The van der Waals surface area contributed by atoms with Crippen LogP contribution in [-0.4, -0.2) is 30.7 Å². The van der Waals surface area contributed by atoms with E-state index in [9.17, 15) is 9.59 Å². The number of rotatable bonds is 10. The molecule has 0 fully saturated rings. The van der Waals surface area contributed by atoms with Crippen molar-refractivity contribution in [1.29, 1.82) is 0 Å². The number of hydrogen-bond donors (Lipinski definition) is 0. The Morgan fingerprint density at radius 2 is 1.86 bits per heavy atom. The first kappa shape index (κ1) is 27.7. The summed E-state index contributed by atoms with van der Waals surface area (Å²) in [6.45, 7) is 7.84. The van der Waals surface area contributed by atoms with Crippen LogP contribution in [0.2, 0.25) is 0 Å². The van der Waals surface area contributed by atoms with E-state index < -0.39 is 11.6 Å². The summed E-state index contributed by atoms with van der Waals surface area (Å²) < 4.78 is 18.1. The van der Waals surface area contributed by atoms with E-state index >= 15 is 0 Å². The Labute approximate surface area is 221 Å². The van der Waals surface area contributed by atoms with Crippen LogP contribution in [0.25, 0.3) is 0 Å². The summed E-state index contributed by atoms with van der Waals surface area (Å²) in [6, 6.07) is 13.8. The van der Waals surface area contributed by atoms with E-state index in [0.717, 1.165) is 22.0 Å². The van der Waals surface area contributed by atoms with Crippen LogP contribution in [0.5, 0.6) is 11.5 Å². The van der Waals surface area contributed by atoms with E-state index in [0.29, 0.717) is 36.6 Å². The van der Waals surface area contributed by atoms with Crippen molar-refractivity contribution in [3.8, 4) is 11.5 Å². The molecule has 6 nitrogen and oxygen atoms in total. The van der Waals surface area contributed by atoms with E-state index in [-0.39, 0.29) is 23.7 Å². The SMILES string of the molecule is CCC(CCc1cc(OCc2ccccc2)c(OC)cc1Br)C1=C(C(=O)OC(C)(C)C)C(=O)CC=N1. The zero-order chi connectivity index (χ0) is 26.3. The van der Waals surface area contributed by atoms with E-state index in [4.69, 9.17) is 14.2 Å². The van der Waals surface area contributed by atoms with Crippen molar-refractivity contribution < 1.29 is 23.8 Å². The monoisotopic (exact) mass is 555 g/mol. The van der Waals surface area contributed by atoms with Gasteiger partial charge in [-0.15, -0.1) is 0 Å². The van der Waals surface area contributed by atoms with Gasteiger partial charge in [0.25, 0.3) is 0 Å². The van der Waals surface area contributed by atoms with Gasteiger partial charge >= 0.3 is 5.97 Å². The van der Waals surface area contributed by atoms with Crippen molar-refractivity contribution in [2.45, 2.75) is 65.6 Å². The third kappa shape index (κ3) is 7.29. The van der Waals surface area contributed by atoms with Gasteiger partial charge in [-0.25, -0.2) is 4.79 Å². The van der Waals surface area contributed by atoms with Gasteiger partial charge in [0.1, 0.15) is 17.8 Å². The standard InChI is InChI=1S/C29H34BrNO5/c1-6-20(27-26(23(32)14-15-31-27)28(33)36-29(2,3)4)12-13-21-16-25(24(34-5)17-22(21)30)35-18-19-10-8-7-9-11-19/h7-11,15-17,20H,6,12-14,18H2,1-5H3. The molecule has 1 heterocycles. The summed E-state index contributed by atoms with van der Waals surface area (Å²) in [4.78, 5) is 30.1. The van der Waals surface area contributed by atoms with E-state index in [1.807, 2.05) is 49.4 Å². The van der Waals surface area contributed by atoms with Gasteiger partial charge in [0.15, 0.2) is 17.3 Å². The largest absolute Gasteiger partial charge is 0.493 e. The molecule has 2 aromatic carbocycles. The number of esters is 1. The summed E-state index contributed by atoms with van der Waals surface area (Å²) >= 11 is 3.66. The molecule has 3 rings (SSSR count).